The Balaban J connectivity index is 1.76. The lowest BCUT2D eigenvalue weighted by Gasteiger charge is -2.35. The second-order valence-corrected chi connectivity index (χ2v) is 5.86. The first-order valence-corrected chi connectivity index (χ1v) is 7.89. The number of rotatable bonds is 4. The number of piperazine rings is 1. The third kappa shape index (κ3) is 3.21. The summed E-state index contributed by atoms with van der Waals surface area (Å²) in [6.45, 7) is 3.27. The van der Waals surface area contributed by atoms with Gasteiger partial charge in [-0.25, -0.2) is 0 Å². The van der Waals surface area contributed by atoms with Gasteiger partial charge in [0.05, 0.1) is 27.7 Å². The molecule has 3 rings (SSSR count). The first-order valence-electron chi connectivity index (χ1n) is 7.89. The highest BCUT2D eigenvalue weighted by Crippen LogP contribution is 2.32. The van der Waals surface area contributed by atoms with Crippen molar-refractivity contribution in [1.82, 2.24) is 4.90 Å². The highest BCUT2D eigenvalue weighted by atomic mass is 16.6. The van der Waals surface area contributed by atoms with Gasteiger partial charge in [-0.15, -0.1) is 0 Å². The molecule has 1 aromatic heterocycles. The molecule has 0 unspecified atom stereocenters. The summed E-state index contributed by atoms with van der Waals surface area (Å²) in [5.74, 6) is 0.400. The number of nitrogens with zero attached hydrogens (tertiary/aromatic N) is 4. The molecule has 1 aromatic carbocycles. The van der Waals surface area contributed by atoms with E-state index in [4.69, 9.17) is 4.42 Å². The lowest BCUT2D eigenvalue weighted by Crippen LogP contribution is -2.49. The smallest absolute Gasteiger partial charge is 0.299 e. The number of nitro benzene ring substituents is 2. The summed E-state index contributed by atoms with van der Waals surface area (Å²) in [6.07, 6.45) is 1.46. The van der Waals surface area contributed by atoms with Gasteiger partial charge in [-0.05, 0) is 19.1 Å². The standard InChI is InChI=1S/C16H16N4O6/c1-11-13(4-9-26-11)16(21)18-7-5-17(6-8-18)14-3-2-12(19(22)23)10-15(14)20(24)25/h2-4,9-10H,5-8H2,1H3. The summed E-state index contributed by atoms with van der Waals surface area (Å²) < 4.78 is 5.15. The van der Waals surface area contributed by atoms with Crippen molar-refractivity contribution >= 4 is 23.0 Å². The van der Waals surface area contributed by atoms with Gasteiger partial charge in [-0.2, -0.15) is 0 Å². The number of amides is 1. The maximum atomic E-state index is 12.5. The van der Waals surface area contributed by atoms with Gasteiger partial charge in [0.1, 0.15) is 11.4 Å². The van der Waals surface area contributed by atoms with E-state index in [2.05, 4.69) is 0 Å². The zero-order valence-corrected chi connectivity index (χ0v) is 14.0. The van der Waals surface area contributed by atoms with E-state index in [9.17, 15) is 25.0 Å². The predicted octanol–water partition coefficient (Wildman–Crippen LogP) is 2.37. The van der Waals surface area contributed by atoms with E-state index in [0.29, 0.717) is 43.2 Å². The number of anilines is 1. The van der Waals surface area contributed by atoms with Crippen LogP contribution in [0, 0.1) is 27.2 Å². The Morgan fingerprint density at radius 1 is 1.08 bits per heavy atom. The van der Waals surface area contributed by atoms with Gasteiger partial charge in [0.25, 0.3) is 17.3 Å². The van der Waals surface area contributed by atoms with E-state index in [1.807, 2.05) is 0 Å². The molecule has 0 N–H and O–H groups in total. The molecular weight excluding hydrogens is 344 g/mol. The normalized spacial score (nSPS) is 14.3. The number of carbonyl (C=O) groups is 1. The van der Waals surface area contributed by atoms with Gasteiger partial charge in [-0.3, -0.25) is 25.0 Å². The summed E-state index contributed by atoms with van der Waals surface area (Å²) in [7, 11) is 0. The molecule has 2 heterocycles. The Bertz CT molecular complexity index is 869. The number of hydrogen-bond acceptors (Lipinski definition) is 7. The Labute approximate surface area is 147 Å². The molecule has 0 aliphatic carbocycles. The number of furan rings is 1. The topological polar surface area (TPSA) is 123 Å². The Hall–Kier alpha value is -3.43. The molecule has 0 bridgehead atoms. The molecule has 0 saturated carbocycles. The van der Waals surface area contributed by atoms with Crippen LogP contribution in [-0.2, 0) is 0 Å². The van der Waals surface area contributed by atoms with E-state index in [1.165, 1.54) is 18.4 Å². The average molecular weight is 360 g/mol. The fourth-order valence-electron chi connectivity index (χ4n) is 2.97. The number of aryl methyl sites for hydroxylation is 1. The third-order valence-corrected chi connectivity index (χ3v) is 4.36. The van der Waals surface area contributed by atoms with Crippen LogP contribution in [0.5, 0.6) is 0 Å². The molecule has 0 atom stereocenters. The number of benzene rings is 1. The molecule has 2 aromatic rings. The van der Waals surface area contributed by atoms with Crippen LogP contribution in [0.4, 0.5) is 17.1 Å². The fraction of sp³-hybridized carbons (Fsp3) is 0.312. The van der Waals surface area contributed by atoms with E-state index < -0.39 is 9.85 Å². The molecule has 136 valence electrons. The van der Waals surface area contributed by atoms with Gasteiger partial charge in [0.15, 0.2) is 0 Å². The molecule has 1 aliphatic rings. The predicted molar refractivity (Wildman–Crippen MR) is 91.3 cm³/mol. The summed E-state index contributed by atoms with van der Waals surface area (Å²) >= 11 is 0. The zero-order chi connectivity index (χ0) is 18.8. The minimum atomic E-state index is -0.666. The van der Waals surface area contributed by atoms with Crippen LogP contribution < -0.4 is 4.90 Å². The van der Waals surface area contributed by atoms with Crippen molar-refractivity contribution < 1.29 is 19.1 Å². The summed E-state index contributed by atoms with van der Waals surface area (Å²) in [5.41, 5.74) is 0.168. The maximum absolute atomic E-state index is 12.5. The molecule has 1 amide bonds. The second kappa shape index (κ2) is 6.82. The maximum Gasteiger partial charge on any atom is 0.299 e. The highest BCUT2D eigenvalue weighted by molar-refractivity contribution is 5.95. The first kappa shape index (κ1) is 17.4. The monoisotopic (exact) mass is 360 g/mol. The second-order valence-electron chi connectivity index (χ2n) is 5.86. The van der Waals surface area contributed by atoms with Crippen molar-refractivity contribution in [2.24, 2.45) is 0 Å². The Kier molecular flexibility index (Phi) is 4.57. The van der Waals surface area contributed by atoms with Crippen molar-refractivity contribution in [2.75, 3.05) is 31.1 Å². The van der Waals surface area contributed by atoms with Crippen LogP contribution in [-0.4, -0.2) is 46.8 Å². The first-order chi connectivity index (χ1) is 12.4. The van der Waals surface area contributed by atoms with E-state index in [1.54, 1.807) is 22.8 Å². The third-order valence-electron chi connectivity index (χ3n) is 4.36. The van der Waals surface area contributed by atoms with Crippen LogP contribution in [0.3, 0.4) is 0 Å². The molecule has 0 spiro atoms. The van der Waals surface area contributed by atoms with E-state index in [0.717, 1.165) is 6.07 Å². The molecule has 10 nitrogen and oxygen atoms in total. The van der Waals surface area contributed by atoms with Gasteiger partial charge < -0.3 is 14.2 Å². The molecule has 0 radical (unpaired) electrons. The molecule has 1 aliphatic heterocycles. The van der Waals surface area contributed by atoms with Gasteiger partial charge >= 0.3 is 0 Å². The Morgan fingerprint density at radius 3 is 2.31 bits per heavy atom. The van der Waals surface area contributed by atoms with Crippen molar-refractivity contribution in [3.8, 4) is 0 Å². The number of carbonyl (C=O) groups excluding carboxylic acids is 1. The van der Waals surface area contributed by atoms with Gasteiger partial charge in [0.2, 0.25) is 0 Å². The minimum Gasteiger partial charge on any atom is -0.469 e. The lowest BCUT2D eigenvalue weighted by molar-refractivity contribution is -0.393. The fourth-order valence-corrected chi connectivity index (χ4v) is 2.97. The van der Waals surface area contributed by atoms with Gasteiger partial charge in [-0.1, -0.05) is 0 Å². The van der Waals surface area contributed by atoms with E-state index in [-0.39, 0.29) is 17.3 Å². The average Bonchev–Trinajstić information content (AvgIpc) is 3.06. The summed E-state index contributed by atoms with van der Waals surface area (Å²) in [4.78, 5) is 36.7. The summed E-state index contributed by atoms with van der Waals surface area (Å²) in [5, 5.41) is 22.1. The molecule has 26 heavy (non-hydrogen) atoms. The van der Waals surface area contributed by atoms with Crippen LogP contribution in [0.1, 0.15) is 16.1 Å². The zero-order valence-electron chi connectivity index (χ0n) is 14.0. The molecular formula is C16H16N4O6. The van der Waals surface area contributed by atoms with Crippen molar-refractivity contribution in [2.45, 2.75) is 6.92 Å². The largest absolute Gasteiger partial charge is 0.469 e. The van der Waals surface area contributed by atoms with Crippen molar-refractivity contribution in [3.63, 3.8) is 0 Å². The number of non-ortho nitro benzene ring substituents is 1. The number of hydrogen-bond donors (Lipinski definition) is 0. The molecule has 10 heteroatoms. The Morgan fingerprint density at radius 2 is 1.77 bits per heavy atom. The van der Waals surface area contributed by atoms with Crippen LogP contribution in [0.2, 0.25) is 0 Å². The van der Waals surface area contributed by atoms with Crippen molar-refractivity contribution in [1.29, 1.82) is 0 Å². The van der Waals surface area contributed by atoms with Crippen molar-refractivity contribution in [3.05, 3.63) is 62.1 Å². The molecule has 1 fully saturated rings. The SMILES string of the molecule is Cc1occc1C(=O)N1CCN(c2ccc([N+](=O)[O-])cc2[N+](=O)[O-])CC1. The lowest BCUT2D eigenvalue weighted by atomic mass is 10.1. The van der Waals surface area contributed by atoms with Crippen LogP contribution in [0.25, 0.3) is 0 Å². The molecule has 1 saturated heterocycles. The quantitative estimate of drug-likeness (QED) is 0.605. The number of nitro groups is 2. The summed E-state index contributed by atoms with van der Waals surface area (Å²) in [6, 6.07) is 5.20. The van der Waals surface area contributed by atoms with Crippen LogP contribution in [0.15, 0.2) is 34.9 Å². The van der Waals surface area contributed by atoms with E-state index >= 15 is 0 Å². The van der Waals surface area contributed by atoms with Gasteiger partial charge in [0, 0.05) is 32.2 Å². The minimum absolute atomic E-state index is 0.144. The van der Waals surface area contributed by atoms with Crippen LogP contribution >= 0.6 is 0 Å². The highest BCUT2D eigenvalue weighted by Gasteiger charge is 2.28.